The van der Waals surface area contributed by atoms with Crippen molar-refractivity contribution >= 4 is 44.6 Å². The molecule has 0 unspecified atom stereocenters. The molecule has 0 aromatic heterocycles. The molecule has 0 radical (unpaired) electrons. The molecule has 2 aromatic carbocycles. The van der Waals surface area contributed by atoms with Crippen LogP contribution in [-0.4, -0.2) is 12.2 Å². The summed E-state index contributed by atoms with van der Waals surface area (Å²) in [6.45, 7) is 2.04. The Morgan fingerprint density at radius 2 is 1.95 bits per heavy atom. The molecule has 0 saturated carbocycles. The third kappa shape index (κ3) is 3.95. The lowest BCUT2D eigenvalue weighted by Gasteiger charge is -2.13. The molecule has 0 amide bonds. The van der Waals surface area contributed by atoms with E-state index >= 15 is 0 Å². The molecule has 0 bridgehead atoms. The molecule has 2 aromatic rings. The summed E-state index contributed by atoms with van der Waals surface area (Å²) >= 11 is 8.82. The SMILES string of the molecule is COc1cccc(NC(=S)Nc2ccc(C)cc2Br)c1. The minimum atomic E-state index is 0.530. The molecule has 2 N–H and O–H groups in total. The van der Waals surface area contributed by atoms with E-state index in [9.17, 15) is 0 Å². The number of ether oxygens (including phenoxy) is 1. The van der Waals surface area contributed by atoms with Gasteiger partial charge in [0.2, 0.25) is 0 Å². The van der Waals surface area contributed by atoms with Gasteiger partial charge in [-0.1, -0.05) is 12.1 Å². The lowest BCUT2D eigenvalue weighted by atomic mass is 10.2. The lowest BCUT2D eigenvalue weighted by Crippen LogP contribution is -2.19. The maximum Gasteiger partial charge on any atom is 0.175 e. The number of aryl methyl sites for hydroxylation is 1. The van der Waals surface area contributed by atoms with E-state index in [4.69, 9.17) is 17.0 Å². The zero-order chi connectivity index (χ0) is 14.5. The van der Waals surface area contributed by atoms with Gasteiger partial charge >= 0.3 is 0 Å². The first-order valence-electron chi connectivity index (χ1n) is 6.06. The van der Waals surface area contributed by atoms with Gasteiger partial charge in [0.15, 0.2) is 5.11 Å². The van der Waals surface area contributed by atoms with Crippen LogP contribution in [0.5, 0.6) is 5.75 Å². The highest BCUT2D eigenvalue weighted by atomic mass is 79.9. The summed E-state index contributed by atoms with van der Waals surface area (Å²) in [6, 6.07) is 13.7. The average molecular weight is 351 g/mol. The molecule has 3 nitrogen and oxygen atoms in total. The summed E-state index contributed by atoms with van der Waals surface area (Å²) < 4.78 is 6.15. The highest BCUT2D eigenvalue weighted by molar-refractivity contribution is 9.10. The summed E-state index contributed by atoms with van der Waals surface area (Å²) in [7, 11) is 1.64. The van der Waals surface area contributed by atoms with Crippen LogP contribution in [0.4, 0.5) is 11.4 Å². The quantitative estimate of drug-likeness (QED) is 0.794. The Balaban J connectivity index is 2.05. The topological polar surface area (TPSA) is 33.3 Å². The van der Waals surface area contributed by atoms with Gasteiger partial charge in [-0.2, -0.15) is 0 Å². The molecular formula is C15H15BrN2OS. The number of anilines is 2. The molecule has 0 atom stereocenters. The van der Waals surface area contributed by atoms with Gasteiger partial charge < -0.3 is 15.4 Å². The Labute approximate surface area is 132 Å². The van der Waals surface area contributed by atoms with Gasteiger partial charge in [-0.3, -0.25) is 0 Å². The number of halogens is 1. The molecule has 0 heterocycles. The predicted octanol–water partition coefficient (Wildman–Crippen LogP) is 4.58. The molecular weight excluding hydrogens is 336 g/mol. The Morgan fingerprint density at radius 1 is 1.15 bits per heavy atom. The highest BCUT2D eigenvalue weighted by Gasteiger charge is 2.03. The van der Waals surface area contributed by atoms with Crippen LogP contribution in [0.15, 0.2) is 46.9 Å². The monoisotopic (exact) mass is 350 g/mol. The first-order chi connectivity index (χ1) is 9.58. The molecule has 0 saturated heterocycles. The van der Waals surface area contributed by atoms with Crippen molar-refractivity contribution in [3.05, 3.63) is 52.5 Å². The molecule has 104 valence electrons. The fourth-order valence-corrected chi connectivity index (χ4v) is 2.53. The number of benzene rings is 2. The van der Waals surface area contributed by atoms with E-state index in [-0.39, 0.29) is 0 Å². The van der Waals surface area contributed by atoms with Crippen molar-refractivity contribution in [3.8, 4) is 5.75 Å². The van der Waals surface area contributed by atoms with Gasteiger partial charge in [0.1, 0.15) is 5.75 Å². The minimum absolute atomic E-state index is 0.530. The van der Waals surface area contributed by atoms with Gasteiger partial charge in [0.25, 0.3) is 0 Å². The van der Waals surface area contributed by atoms with E-state index in [2.05, 4.69) is 26.6 Å². The van der Waals surface area contributed by atoms with Crippen LogP contribution in [0.25, 0.3) is 0 Å². The molecule has 0 aliphatic carbocycles. The zero-order valence-corrected chi connectivity index (χ0v) is 13.6. The van der Waals surface area contributed by atoms with Crippen molar-refractivity contribution in [1.29, 1.82) is 0 Å². The zero-order valence-electron chi connectivity index (χ0n) is 11.2. The van der Waals surface area contributed by atoms with Crippen molar-refractivity contribution in [3.63, 3.8) is 0 Å². The summed E-state index contributed by atoms with van der Waals surface area (Å²) in [5, 5.41) is 6.81. The summed E-state index contributed by atoms with van der Waals surface area (Å²) in [5.74, 6) is 0.786. The number of hydrogen-bond acceptors (Lipinski definition) is 2. The van der Waals surface area contributed by atoms with E-state index in [0.717, 1.165) is 21.6 Å². The van der Waals surface area contributed by atoms with Crippen LogP contribution in [0.1, 0.15) is 5.56 Å². The van der Waals surface area contributed by atoms with E-state index < -0.39 is 0 Å². The van der Waals surface area contributed by atoms with Gasteiger partial charge in [0, 0.05) is 16.2 Å². The van der Waals surface area contributed by atoms with Crippen LogP contribution in [-0.2, 0) is 0 Å². The second-order valence-corrected chi connectivity index (χ2v) is 5.56. The predicted molar refractivity (Wildman–Crippen MR) is 91.7 cm³/mol. The van der Waals surface area contributed by atoms with Gasteiger partial charge in [-0.25, -0.2) is 0 Å². The first kappa shape index (κ1) is 14.8. The summed E-state index contributed by atoms with van der Waals surface area (Å²) in [4.78, 5) is 0. The Morgan fingerprint density at radius 3 is 2.65 bits per heavy atom. The minimum Gasteiger partial charge on any atom is -0.497 e. The van der Waals surface area contributed by atoms with Crippen molar-refractivity contribution in [2.75, 3.05) is 17.7 Å². The fourth-order valence-electron chi connectivity index (χ4n) is 1.71. The van der Waals surface area contributed by atoms with Gasteiger partial charge in [-0.05, 0) is 64.9 Å². The van der Waals surface area contributed by atoms with Crippen LogP contribution >= 0.6 is 28.1 Å². The third-order valence-corrected chi connectivity index (χ3v) is 3.56. The smallest absolute Gasteiger partial charge is 0.175 e. The highest BCUT2D eigenvalue weighted by Crippen LogP contribution is 2.24. The summed E-state index contributed by atoms with van der Waals surface area (Å²) in [5.41, 5.74) is 3.00. The van der Waals surface area contributed by atoms with Crippen molar-refractivity contribution in [2.24, 2.45) is 0 Å². The van der Waals surface area contributed by atoms with E-state index in [1.807, 2.05) is 49.4 Å². The fraction of sp³-hybridized carbons (Fsp3) is 0.133. The molecule has 2 rings (SSSR count). The number of rotatable bonds is 3. The van der Waals surface area contributed by atoms with Crippen LogP contribution in [0.3, 0.4) is 0 Å². The van der Waals surface area contributed by atoms with Crippen molar-refractivity contribution in [1.82, 2.24) is 0 Å². The van der Waals surface area contributed by atoms with Crippen molar-refractivity contribution < 1.29 is 4.74 Å². The second kappa shape index (κ2) is 6.72. The normalized spacial score (nSPS) is 9.95. The maximum absolute atomic E-state index is 5.31. The van der Waals surface area contributed by atoms with E-state index in [1.165, 1.54) is 5.56 Å². The number of nitrogens with one attached hydrogen (secondary N) is 2. The first-order valence-corrected chi connectivity index (χ1v) is 7.27. The standard InChI is InChI=1S/C15H15BrN2OS/c1-10-6-7-14(13(16)8-10)18-15(20)17-11-4-3-5-12(9-11)19-2/h3-9H,1-2H3,(H2,17,18,20). The van der Waals surface area contributed by atoms with E-state index in [0.29, 0.717) is 5.11 Å². The van der Waals surface area contributed by atoms with Crippen LogP contribution < -0.4 is 15.4 Å². The van der Waals surface area contributed by atoms with Gasteiger partial charge in [-0.15, -0.1) is 0 Å². The Kier molecular flexibility index (Phi) is 4.98. The van der Waals surface area contributed by atoms with E-state index in [1.54, 1.807) is 7.11 Å². The Bertz CT molecular complexity index is 631. The molecule has 0 aliphatic rings. The third-order valence-electron chi connectivity index (χ3n) is 2.70. The van der Waals surface area contributed by atoms with Crippen LogP contribution in [0.2, 0.25) is 0 Å². The molecule has 0 aliphatic heterocycles. The molecule has 5 heteroatoms. The maximum atomic E-state index is 5.31. The number of methoxy groups -OCH3 is 1. The average Bonchev–Trinajstić information content (AvgIpc) is 2.42. The molecule has 0 fully saturated rings. The lowest BCUT2D eigenvalue weighted by molar-refractivity contribution is 0.415. The molecule has 20 heavy (non-hydrogen) atoms. The Hall–Kier alpha value is -1.59. The van der Waals surface area contributed by atoms with Crippen molar-refractivity contribution in [2.45, 2.75) is 6.92 Å². The molecule has 0 spiro atoms. The largest absolute Gasteiger partial charge is 0.497 e. The van der Waals surface area contributed by atoms with Crippen LogP contribution in [0, 0.1) is 6.92 Å². The summed E-state index contributed by atoms with van der Waals surface area (Å²) in [6.07, 6.45) is 0. The number of thiocarbonyl (C=S) groups is 1. The van der Waals surface area contributed by atoms with Gasteiger partial charge in [0.05, 0.1) is 12.8 Å². The second-order valence-electron chi connectivity index (χ2n) is 4.29. The number of hydrogen-bond donors (Lipinski definition) is 2.